The summed E-state index contributed by atoms with van der Waals surface area (Å²) in [7, 11) is -3.84. The van der Waals surface area contributed by atoms with Gasteiger partial charge in [0, 0.05) is 6.61 Å². The molecule has 0 saturated heterocycles. The van der Waals surface area contributed by atoms with Crippen molar-refractivity contribution in [2.45, 2.75) is 63.4 Å². The van der Waals surface area contributed by atoms with Crippen molar-refractivity contribution in [1.29, 1.82) is 5.26 Å². The third kappa shape index (κ3) is 5.53. The summed E-state index contributed by atoms with van der Waals surface area (Å²) in [5, 5.41) is 9.58. The lowest BCUT2D eigenvalue weighted by molar-refractivity contribution is -0.00131. The van der Waals surface area contributed by atoms with Crippen LogP contribution in [0.1, 0.15) is 51.0 Å². The number of hydrogen-bond donors (Lipinski definition) is 0. The second kappa shape index (κ2) is 8.79. The summed E-state index contributed by atoms with van der Waals surface area (Å²) in [5.74, 6) is 0. The average molecular weight is 365 g/mol. The molecule has 2 rings (SSSR count). The highest BCUT2D eigenvalue weighted by Gasteiger charge is 2.37. The Labute approximate surface area is 151 Å². The van der Waals surface area contributed by atoms with Crippen LogP contribution in [0.25, 0.3) is 0 Å². The second-order valence-electron chi connectivity index (χ2n) is 6.85. The van der Waals surface area contributed by atoms with Gasteiger partial charge in [-0.25, -0.2) is 0 Å². The Morgan fingerprint density at radius 2 is 1.88 bits per heavy atom. The zero-order valence-corrected chi connectivity index (χ0v) is 15.8. The van der Waals surface area contributed by atoms with Crippen LogP contribution in [0.5, 0.6) is 0 Å². The lowest BCUT2D eigenvalue weighted by Crippen LogP contribution is -2.34. The molecule has 1 aromatic rings. The van der Waals surface area contributed by atoms with Crippen LogP contribution in [0, 0.1) is 23.7 Å². The van der Waals surface area contributed by atoms with Crippen molar-refractivity contribution < 1.29 is 17.3 Å². The summed E-state index contributed by atoms with van der Waals surface area (Å²) in [6.07, 6.45) is 5.04. The van der Waals surface area contributed by atoms with Crippen molar-refractivity contribution in [3.05, 3.63) is 29.8 Å². The third-order valence-corrected chi connectivity index (χ3v) is 6.06. The molecule has 138 valence electrons. The number of rotatable bonds is 8. The van der Waals surface area contributed by atoms with E-state index < -0.39 is 15.5 Å². The van der Waals surface area contributed by atoms with E-state index in [-0.39, 0.29) is 17.6 Å². The number of ether oxygens (including phenoxy) is 1. The summed E-state index contributed by atoms with van der Waals surface area (Å²) in [6, 6.07) is 8.82. The van der Waals surface area contributed by atoms with Crippen molar-refractivity contribution in [2.75, 3.05) is 13.2 Å². The lowest BCUT2D eigenvalue weighted by atomic mass is 9.75. The largest absolute Gasteiger partial charge is 0.378 e. The van der Waals surface area contributed by atoms with E-state index in [4.69, 9.17) is 8.92 Å². The summed E-state index contributed by atoms with van der Waals surface area (Å²) in [6.45, 7) is 4.67. The van der Waals surface area contributed by atoms with Gasteiger partial charge in [0.2, 0.25) is 0 Å². The molecule has 1 aromatic carbocycles. The molecule has 0 amide bonds. The molecule has 1 aliphatic carbocycles. The molecule has 0 N–H and O–H groups in total. The van der Waals surface area contributed by atoms with Crippen molar-refractivity contribution in [1.82, 2.24) is 0 Å². The number of nitrogens with zero attached hydrogens (tertiary/aromatic N) is 1. The van der Waals surface area contributed by atoms with Gasteiger partial charge in [0.1, 0.15) is 0 Å². The van der Waals surface area contributed by atoms with Gasteiger partial charge in [-0.2, -0.15) is 13.7 Å². The first kappa shape index (κ1) is 19.9. The van der Waals surface area contributed by atoms with Gasteiger partial charge < -0.3 is 4.74 Å². The highest BCUT2D eigenvalue weighted by Crippen LogP contribution is 2.38. The molecule has 25 heavy (non-hydrogen) atoms. The van der Waals surface area contributed by atoms with Gasteiger partial charge in [-0.15, -0.1) is 0 Å². The molecule has 0 spiro atoms. The summed E-state index contributed by atoms with van der Waals surface area (Å²) >= 11 is 0. The second-order valence-corrected chi connectivity index (χ2v) is 8.46. The SMILES string of the molecule is CCCCOC1CCC(C#N)(COS(=O)(=O)c2ccc(C)cc2)CC1. The molecule has 0 aliphatic heterocycles. The Morgan fingerprint density at radius 3 is 2.44 bits per heavy atom. The van der Waals surface area contributed by atoms with E-state index in [2.05, 4.69) is 13.0 Å². The Bertz CT molecular complexity index is 683. The van der Waals surface area contributed by atoms with E-state index in [1.807, 2.05) is 6.92 Å². The molecular formula is C19H27NO4S. The smallest absolute Gasteiger partial charge is 0.297 e. The minimum atomic E-state index is -3.84. The van der Waals surface area contributed by atoms with E-state index in [1.165, 1.54) is 12.1 Å². The lowest BCUT2D eigenvalue weighted by Gasteiger charge is -2.34. The number of hydrogen-bond acceptors (Lipinski definition) is 5. The first-order valence-electron chi connectivity index (χ1n) is 8.90. The maximum atomic E-state index is 12.3. The molecule has 6 heteroatoms. The number of nitriles is 1. The Morgan fingerprint density at radius 1 is 1.24 bits per heavy atom. The molecule has 0 aromatic heterocycles. The van der Waals surface area contributed by atoms with Gasteiger partial charge in [0.25, 0.3) is 10.1 Å². The fourth-order valence-electron chi connectivity index (χ4n) is 2.96. The van der Waals surface area contributed by atoms with E-state index in [9.17, 15) is 13.7 Å². The molecule has 1 saturated carbocycles. The predicted molar refractivity (Wildman–Crippen MR) is 95.5 cm³/mol. The van der Waals surface area contributed by atoms with Gasteiger partial charge in [0.15, 0.2) is 0 Å². The predicted octanol–water partition coefficient (Wildman–Crippen LogP) is 3.97. The minimum absolute atomic E-state index is 0.0958. The van der Waals surface area contributed by atoms with Crippen LogP contribution in [0.15, 0.2) is 29.2 Å². The summed E-state index contributed by atoms with van der Waals surface area (Å²) < 4.78 is 35.7. The fraction of sp³-hybridized carbons (Fsp3) is 0.632. The Balaban J connectivity index is 1.92. The molecule has 0 heterocycles. The fourth-order valence-corrected chi connectivity index (χ4v) is 3.94. The van der Waals surface area contributed by atoms with Gasteiger partial charge in [-0.3, -0.25) is 4.18 Å². The average Bonchev–Trinajstić information content (AvgIpc) is 2.62. The van der Waals surface area contributed by atoms with E-state index >= 15 is 0 Å². The van der Waals surface area contributed by atoms with E-state index in [0.29, 0.717) is 12.8 Å². The third-order valence-electron chi connectivity index (χ3n) is 4.78. The normalized spacial score (nSPS) is 24.0. The quantitative estimate of drug-likeness (QED) is 0.514. The molecule has 0 unspecified atom stereocenters. The van der Waals surface area contributed by atoms with Gasteiger partial charge in [-0.1, -0.05) is 31.0 Å². The van der Waals surface area contributed by atoms with Crippen LogP contribution in [0.2, 0.25) is 0 Å². The van der Waals surface area contributed by atoms with Crippen LogP contribution >= 0.6 is 0 Å². The van der Waals surface area contributed by atoms with E-state index in [1.54, 1.807) is 12.1 Å². The van der Waals surface area contributed by atoms with Crippen molar-refractivity contribution in [3.8, 4) is 6.07 Å². The van der Waals surface area contributed by atoms with E-state index in [0.717, 1.165) is 37.9 Å². The van der Waals surface area contributed by atoms with Crippen LogP contribution in [-0.4, -0.2) is 27.7 Å². The van der Waals surface area contributed by atoms with Gasteiger partial charge in [0.05, 0.1) is 29.1 Å². The van der Waals surface area contributed by atoms with Crippen LogP contribution in [0.3, 0.4) is 0 Å². The molecule has 0 atom stereocenters. The number of unbranched alkanes of at least 4 members (excludes halogenated alkanes) is 1. The highest BCUT2D eigenvalue weighted by atomic mass is 32.2. The molecule has 1 fully saturated rings. The van der Waals surface area contributed by atoms with Crippen molar-refractivity contribution in [3.63, 3.8) is 0 Å². The summed E-state index contributed by atoms with van der Waals surface area (Å²) in [4.78, 5) is 0.128. The molecule has 1 aliphatic rings. The molecular weight excluding hydrogens is 338 g/mol. The highest BCUT2D eigenvalue weighted by molar-refractivity contribution is 7.86. The first-order valence-corrected chi connectivity index (χ1v) is 10.3. The first-order chi connectivity index (χ1) is 11.9. The Kier molecular flexibility index (Phi) is 7.00. The molecule has 0 radical (unpaired) electrons. The van der Waals surface area contributed by atoms with Crippen molar-refractivity contribution in [2.24, 2.45) is 5.41 Å². The zero-order chi connectivity index (χ0) is 18.3. The number of aryl methyl sites for hydroxylation is 1. The number of benzene rings is 1. The van der Waals surface area contributed by atoms with Gasteiger partial charge >= 0.3 is 0 Å². The molecule has 5 nitrogen and oxygen atoms in total. The Hall–Kier alpha value is -1.42. The van der Waals surface area contributed by atoms with Crippen LogP contribution in [0.4, 0.5) is 0 Å². The maximum absolute atomic E-state index is 12.3. The van der Waals surface area contributed by atoms with Crippen molar-refractivity contribution >= 4 is 10.1 Å². The maximum Gasteiger partial charge on any atom is 0.297 e. The topological polar surface area (TPSA) is 76.4 Å². The van der Waals surface area contributed by atoms with Crippen LogP contribution in [-0.2, 0) is 19.0 Å². The zero-order valence-electron chi connectivity index (χ0n) is 15.0. The minimum Gasteiger partial charge on any atom is -0.378 e. The molecule has 0 bridgehead atoms. The van der Waals surface area contributed by atoms with Crippen LogP contribution < -0.4 is 0 Å². The summed E-state index contributed by atoms with van der Waals surface area (Å²) in [5.41, 5.74) is 0.233. The van der Waals surface area contributed by atoms with Gasteiger partial charge in [-0.05, 0) is 51.2 Å². The monoisotopic (exact) mass is 365 g/mol. The standard InChI is InChI=1S/C19H27NO4S/c1-3-4-13-23-17-9-11-19(14-20,12-10-17)15-24-25(21,22)18-7-5-16(2)6-8-18/h5-8,17H,3-4,9-13,15H2,1-2H3.